The summed E-state index contributed by atoms with van der Waals surface area (Å²) in [5, 5.41) is 10.2. The SMILES string of the molecule is CCC(CC)C(O)c1cncc(OC(C)C)c1. The van der Waals surface area contributed by atoms with E-state index >= 15 is 0 Å². The molecule has 3 heteroatoms. The minimum atomic E-state index is -0.451. The number of ether oxygens (including phenoxy) is 1. The van der Waals surface area contributed by atoms with Crippen LogP contribution in [0.5, 0.6) is 5.75 Å². The molecule has 0 radical (unpaired) electrons. The van der Waals surface area contributed by atoms with Gasteiger partial charge in [-0.05, 0) is 25.8 Å². The molecule has 1 aromatic rings. The van der Waals surface area contributed by atoms with E-state index in [2.05, 4.69) is 18.8 Å². The van der Waals surface area contributed by atoms with Crippen LogP contribution in [0.1, 0.15) is 52.2 Å². The highest BCUT2D eigenvalue weighted by atomic mass is 16.5. The van der Waals surface area contributed by atoms with Gasteiger partial charge in [0.1, 0.15) is 5.75 Å². The van der Waals surface area contributed by atoms with E-state index < -0.39 is 6.10 Å². The van der Waals surface area contributed by atoms with Gasteiger partial charge in [0, 0.05) is 11.8 Å². The van der Waals surface area contributed by atoms with Crippen molar-refractivity contribution in [3.05, 3.63) is 24.0 Å². The fourth-order valence-corrected chi connectivity index (χ4v) is 1.94. The van der Waals surface area contributed by atoms with E-state index in [0.29, 0.717) is 0 Å². The average Bonchev–Trinajstić information content (AvgIpc) is 2.30. The van der Waals surface area contributed by atoms with Crippen molar-refractivity contribution in [2.45, 2.75) is 52.7 Å². The quantitative estimate of drug-likeness (QED) is 0.825. The fraction of sp³-hybridized carbons (Fsp3) is 0.643. The van der Waals surface area contributed by atoms with Crippen molar-refractivity contribution in [1.29, 1.82) is 0 Å². The number of hydrogen-bond donors (Lipinski definition) is 1. The molecule has 3 nitrogen and oxygen atoms in total. The number of aliphatic hydroxyl groups is 1. The summed E-state index contributed by atoms with van der Waals surface area (Å²) in [4.78, 5) is 4.12. The molecule has 0 aliphatic heterocycles. The molecule has 1 atom stereocenters. The van der Waals surface area contributed by atoms with E-state index in [4.69, 9.17) is 4.74 Å². The Morgan fingerprint density at radius 2 is 1.88 bits per heavy atom. The Balaban J connectivity index is 2.83. The molecule has 1 rings (SSSR count). The molecule has 1 aromatic heterocycles. The molecule has 0 aliphatic carbocycles. The normalized spacial score (nSPS) is 13.1. The number of aliphatic hydroxyl groups excluding tert-OH is 1. The highest BCUT2D eigenvalue weighted by molar-refractivity contribution is 5.25. The molecule has 0 fully saturated rings. The van der Waals surface area contributed by atoms with Crippen LogP contribution in [0, 0.1) is 5.92 Å². The third-order valence-electron chi connectivity index (χ3n) is 2.94. The summed E-state index contributed by atoms with van der Waals surface area (Å²) >= 11 is 0. The molecule has 0 saturated carbocycles. The molecule has 1 unspecified atom stereocenters. The zero-order valence-electron chi connectivity index (χ0n) is 11.2. The first-order chi connectivity index (χ1) is 8.08. The molecular weight excluding hydrogens is 214 g/mol. The first-order valence-electron chi connectivity index (χ1n) is 6.38. The molecule has 0 spiro atoms. The topological polar surface area (TPSA) is 42.4 Å². The monoisotopic (exact) mass is 237 g/mol. The van der Waals surface area contributed by atoms with Crippen molar-refractivity contribution in [3.63, 3.8) is 0 Å². The van der Waals surface area contributed by atoms with E-state index in [1.807, 2.05) is 19.9 Å². The molecule has 1 N–H and O–H groups in total. The molecule has 0 aromatic carbocycles. The minimum Gasteiger partial charge on any atom is -0.489 e. The lowest BCUT2D eigenvalue weighted by Crippen LogP contribution is -2.12. The minimum absolute atomic E-state index is 0.123. The van der Waals surface area contributed by atoms with E-state index in [9.17, 15) is 5.11 Å². The third kappa shape index (κ3) is 4.00. The fourth-order valence-electron chi connectivity index (χ4n) is 1.94. The second kappa shape index (κ2) is 6.60. The lowest BCUT2D eigenvalue weighted by atomic mass is 9.92. The summed E-state index contributed by atoms with van der Waals surface area (Å²) in [6.07, 6.45) is 5.00. The zero-order chi connectivity index (χ0) is 12.8. The maximum absolute atomic E-state index is 10.2. The maximum atomic E-state index is 10.2. The van der Waals surface area contributed by atoms with E-state index in [1.54, 1.807) is 12.4 Å². The van der Waals surface area contributed by atoms with Crippen molar-refractivity contribution < 1.29 is 9.84 Å². The number of rotatable bonds is 6. The standard InChI is InChI=1S/C14H23NO2/c1-5-11(6-2)14(16)12-7-13(9-15-8-12)17-10(3)4/h7-11,14,16H,5-6H2,1-4H3. The Bertz CT molecular complexity index is 335. The zero-order valence-corrected chi connectivity index (χ0v) is 11.2. The first kappa shape index (κ1) is 14.0. The largest absolute Gasteiger partial charge is 0.489 e. The number of pyridine rings is 1. The van der Waals surface area contributed by atoms with E-state index in [0.717, 1.165) is 24.2 Å². The highest BCUT2D eigenvalue weighted by Crippen LogP contribution is 2.28. The van der Waals surface area contributed by atoms with Crippen LogP contribution in [0.2, 0.25) is 0 Å². The van der Waals surface area contributed by atoms with Gasteiger partial charge in [-0.15, -0.1) is 0 Å². The smallest absolute Gasteiger partial charge is 0.138 e. The van der Waals surface area contributed by atoms with Crippen LogP contribution < -0.4 is 4.74 Å². The molecule has 0 aliphatic rings. The van der Waals surface area contributed by atoms with Gasteiger partial charge in [-0.25, -0.2) is 0 Å². The van der Waals surface area contributed by atoms with Crippen LogP contribution in [0.15, 0.2) is 18.5 Å². The Morgan fingerprint density at radius 3 is 2.41 bits per heavy atom. The van der Waals surface area contributed by atoms with Gasteiger partial charge in [0.25, 0.3) is 0 Å². The lowest BCUT2D eigenvalue weighted by Gasteiger charge is -2.20. The Labute approximate surface area is 104 Å². The van der Waals surface area contributed by atoms with Crippen LogP contribution in [-0.4, -0.2) is 16.2 Å². The van der Waals surface area contributed by atoms with Gasteiger partial charge in [-0.2, -0.15) is 0 Å². The molecule has 96 valence electrons. The predicted molar refractivity (Wildman–Crippen MR) is 69.0 cm³/mol. The molecule has 17 heavy (non-hydrogen) atoms. The Kier molecular flexibility index (Phi) is 5.42. The molecular formula is C14H23NO2. The summed E-state index contributed by atoms with van der Waals surface area (Å²) in [7, 11) is 0. The van der Waals surface area contributed by atoms with E-state index in [-0.39, 0.29) is 12.0 Å². The molecule has 0 bridgehead atoms. The van der Waals surface area contributed by atoms with Crippen molar-refractivity contribution >= 4 is 0 Å². The second-order valence-corrected chi connectivity index (χ2v) is 4.64. The Hall–Kier alpha value is -1.09. The second-order valence-electron chi connectivity index (χ2n) is 4.64. The van der Waals surface area contributed by atoms with Crippen LogP contribution in [-0.2, 0) is 0 Å². The molecule has 0 saturated heterocycles. The lowest BCUT2D eigenvalue weighted by molar-refractivity contribution is 0.102. The van der Waals surface area contributed by atoms with Gasteiger partial charge < -0.3 is 9.84 Å². The van der Waals surface area contributed by atoms with Crippen LogP contribution in [0.4, 0.5) is 0 Å². The van der Waals surface area contributed by atoms with E-state index in [1.165, 1.54) is 0 Å². The summed E-state index contributed by atoms with van der Waals surface area (Å²) in [6, 6.07) is 1.88. The van der Waals surface area contributed by atoms with Gasteiger partial charge in [-0.1, -0.05) is 26.7 Å². The van der Waals surface area contributed by atoms with Gasteiger partial charge in [0.05, 0.1) is 18.4 Å². The van der Waals surface area contributed by atoms with Crippen molar-refractivity contribution in [1.82, 2.24) is 4.98 Å². The number of hydrogen-bond acceptors (Lipinski definition) is 3. The van der Waals surface area contributed by atoms with Crippen molar-refractivity contribution in [2.24, 2.45) is 5.92 Å². The van der Waals surface area contributed by atoms with Gasteiger partial charge in [-0.3, -0.25) is 4.98 Å². The highest BCUT2D eigenvalue weighted by Gasteiger charge is 2.18. The molecule has 0 amide bonds. The third-order valence-corrected chi connectivity index (χ3v) is 2.94. The van der Waals surface area contributed by atoms with Crippen molar-refractivity contribution in [3.8, 4) is 5.75 Å². The first-order valence-corrected chi connectivity index (χ1v) is 6.38. The van der Waals surface area contributed by atoms with Gasteiger partial charge in [0.15, 0.2) is 0 Å². The van der Waals surface area contributed by atoms with Crippen LogP contribution in [0.3, 0.4) is 0 Å². The summed E-state index contributed by atoms with van der Waals surface area (Å²) < 4.78 is 5.58. The summed E-state index contributed by atoms with van der Waals surface area (Å²) in [6.45, 7) is 8.15. The van der Waals surface area contributed by atoms with Gasteiger partial charge in [0.2, 0.25) is 0 Å². The Morgan fingerprint density at radius 1 is 1.24 bits per heavy atom. The average molecular weight is 237 g/mol. The summed E-state index contributed by atoms with van der Waals surface area (Å²) in [5.74, 6) is 1.01. The number of nitrogens with zero attached hydrogens (tertiary/aromatic N) is 1. The maximum Gasteiger partial charge on any atom is 0.138 e. The molecule has 1 heterocycles. The predicted octanol–water partition coefficient (Wildman–Crippen LogP) is 3.34. The van der Waals surface area contributed by atoms with Crippen molar-refractivity contribution in [2.75, 3.05) is 0 Å². The van der Waals surface area contributed by atoms with Crippen LogP contribution >= 0.6 is 0 Å². The van der Waals surface area contributed by atoms with Crippen LogP contribution in [0.25, 0.3) is 0 Å². The summed E-state index contributed by atoms with van der Waals surface area (Å²) in [5.41, 5.74) is 0.844. The van der Waals surface area contributed by atoms with Gasteiger partial charge >= 0.3 is 0 Å². The number of aromatic nitrogens is 1.